The number of amides is 6. The molecule has 12 nitrogen and oxygen atoms in total. The lowest BCUT2D eigenvalue weighted by Crippen LogP contribution is -2.71. The summed E-state index contributed by atoms with van der Waals surface area (Å²) in [5.74, 6) is -1.61. The van der Waals surface area contributed by atoms with Gasteiger partial charge in [0, 0.05) is 44.4 Å². The minimum Gasteiger partial charge on any atom is -0.444 e. The number of rotatable bonds is 6. The van der Waals surface area contributed by atoms with E-state index in [4.69, 9.17) is 9.47 Å². The number of nitrogens with zero attached hydrogens (tertiary/aromatic N) is 3. The van der Waals surface area contributed by atoms with Crippen LogP contribution in [0, 0.1) is 5.82 Å². The smallest absolute Gasteiger partial charge is 0.418 e. The summed E-state index contributed by atoms with van der Waals surface area (Å²) in [4.78, 5) is 69.0. The van der Waals surface area contributed by atoms with E-state index in [1.54, 1.807) is 58.0 Å². The van der Waals surface area contributed by atoms with Gasteiger partial charge in [0.1, 0.15) is 18.0 Å². The van der Waals surface area contributed by atoms with Crippen molar-refractivity contribution in [3.05, 3.63) is 65.0 Å². The summed E-state index contributed by atoms with van der Waals surface area (Å²) < 4.78 is 24.8. The molecule has 2 aliphatic heterocycles. The molecule has 5 rings (SSSR count). The van der Waals surface area contributed by atoms with Gasteiger partial charge < -0.3 is 29.9 Å². The van der Waals surface area contributed by atoms with E-state index in [0.29, 0.717) is 23.2 Å². The molecule has 0 saturated carbocycles. The Bertz CT molecular complexity index is 1520. The molecular weight excluding hydrogens is 573 g/mol. The molecule has 13 heteroatoms. The highest BCUT2D eigenvalue weighted by molar-refractivity contribution is 6.06. The van der Waals surface area contributed by atoms with Crippen molar-refractivity contribution >= 4 is 35.7 Å². The van der Waals surface area contributed by atoms with Crippen molar-refractivity contribution in [2.24, 2.45) is 0 Å². The van der Waals surface area contributed by atoms with Crippen molar-refractivity contribution in [3.63, 3.8) is 0 Å². The zero-order valence-electron chi connectivity index (χ0n) is 25.4. The first-order valence-corrected chi connectivity index (χ1v) is 14.3. The van der Waals surface area contributed by atoms with Crippen LogP contribution in [-0.4, -0.2) is 82.6 Å². The van der Waals surface area contributed by atoms with E-state index in [0.717, 1.165) is 10.5 Å². The van der Waals surface area contributed by atoms with Gasteiger partial charge in [0.25, 0.3) is 5.91 Å². The molecule has 6 amide bonds. The second kappa shape index (κ2) is 11.1. The molecule has 2 aromatic rings. The number of ether oxygens (including phenoxy) is 2. The zero-order valence-corrected chi connectivity index (χ0v) is 25.4. The maximum Gasteiger partial charge on any atom is 0.418 e. The first-order chi connectivity index (χ1) is 20.6. The molecule has 0 bridgehead atoms. The van der Waals surface area contributed by atoms with E-state index in [1.165, 1.54) is 29.0 Å². The summed E-state index contributed by atoms with van der Waals surface area (Å²) in [6, 6.07) is 10.3. The van der Waals surface area contributed by atoms with E-state index in [-0.39, 0.29) is 26.1 Å². The first kappa shape index (κ1) is 30.8. The fourth-order valence-electron chi connectivity index (χ4n) is 5.90. The van der Waals surface area contributed by atoms with Gasteiger partial charge in [-0.15, -0.1) is 0 Å². The van der Waals surface area contributed by atoms with Crippen LogP contribution in [0.2, 0.25) is 0 Å². The molecule has 0 radical (unpaired) electrons. The second-order valence-corrected chi connectivity index (χ2v) is 12.6. The number of likely N-dealkylation sites (tertiary alicyclic amines) is 1. The lowest BCUT2D eigenvalue weighted by atomic mass is 9.89. The highest BCUT2D eigenvalue weighted by Crippen LogP contribution is 2.46. The molecule has 0 unspecified atom stereocenters. The minimum atomic E-state index is -1.56. The number of urea groups is 1. The number of halogens is 1. The number of aryl methyl sites for hydroxylation is 1. The number of benzene rings is 2. The van der Waals surface area contributed by atoms with E-state index < -0.39 is 59.1 Å². The summed E-state index contributed by atoms with van der Waals surface area (Å²) >= 11 is 0. The molecule has 0 aromatic heterocycles. The Hall–Kier alpha value is -4.68. The summed E-state index contributed by atoms with van der Waals surface area (Å²) in [6.45, 7) is 6.90. The SMILES string of the molecule is CNC(=O)Nc1ccc2c(c1)CC[C@@]21OC(=O)N(CC(=O)N(Cc2ccc(F)cc2)C2(C)CN(C(=O)OC(C)(C)C)C2)C1=O. The average molecular weight is 610 g/mol. The summed E-state index contributed by atoms with van der Waals surface area (Å²) in [5, 5.41) is 5.15. The highest BCUT2D eigenvalue weighted by atomic mass is 19.1. The van der Waals surface area contributed by atoms with Crippen molar-refractivity contribution < 1.29 is 37.8 Å². The van der Waals surface area contributed by atoms with E-state index in [2.05, 4.69) is 10.6 Å². The van der Waals surface area contributed by atoms with Crippen LogP contribution < -0.4 is 10.6 Å². The topological polar surface area (TPSA) is 138 Å². The third kappa shape index (κ3) is 5.78. The van der Waals surface area contributed by atoms with E-state index in [9.17, 15) is 28.4 Å². The van der Waals surface area contributed by atoms with Crippen LogP contribution in [0.25, 0.3) is 0 Å². The van der Waals surface area contributed by atoms with Crippen molar-refractivity contribution in [1.82, 2.24) is 20.0 Å². The first-order valence-electron chi connectivity index (χ1n) is 14.3. The molecule has 44 heavy (non-hydrogen) atoms. The van der Waals surface area contributed by atoms with Gasteiger partial charge in [-0.05, 0) is 69.5 Å². The average Bonchev–Trinajstić information content (AvgIpc) is 3.41. The Morgan fingerprint density at radius 2 is 1.77 bits per heavy atom. The number of nitrogens with one attached hydrogen (secondary N) is 2. The van der Waals surface area contributed by atoms with E-state index >= 15 is 0 Å². The lowest BCUT2D eigenvalue weighted by molar-refractivity contribution is -0.150. The van der Waals surface area contributed by atoms with Gasteiger partial charge in [0.15, 0.2) is 0 Å². The molecule has 1 aliphatic carbocycles. The lowest BCUT2D eigenvalue weighted by Gasteiger charge is -2.53. The molecule has 2 fully saturated rings. The molecule has 234 valence electrons. The number of imide groups is 1. The van der Waals surface area contributed by atoms with E-state index in [1.807, 2.05) is 0 Å². The Labute approximate surface area is 254 Å². The number of hydrogen-bond acceptors (Lipinski definition) is 7. The fourth-order valence-corrected chi connectivity index (χ4v) is 5.90. The molecule has 1 spiro atoms. The normalized spacial score (nSPS) is 20.1. The molecule has 3 aliphatic rings. The van der Waals surface area contributed by atoms with Gasteiger partial charge in [-0.2, -0.15) is 0 Å². The van der Waals surface area contributed by atoms with Crippen molar-refractivity contribution in [2.45, 2.75) is 63.8 Å². The quantitative estimate of drug-likeness (QED) is 0.509. The van der Waals surface area contributed by atoms with Crippen LogP contribution in [0.1, 0.15) is 50.8 Å². The van der Waals surface area contributed by atoms with Crippen molar-refractivity contribution in [3.8, 4) is 0 Å². The predicted molar refractivity (Wildman–Crippen MR) is 156 cm³/mol. The minimum absolute atomic E-state index is 0.0595. The van der Waals surface area contributed by atoms with Gasteiger partial charge in [0.05, 0.1) is 5.54 Å². The van der Waals surface area contributed by atoms with Gasteiger partial charge in [-0.25, -0.2) is 23.7 Å². The van der Waals surface area contributed by atoms with Gasteiger partial charge in [-0.1, -0.05) is 18.2 Å². The maximum absolute atomic E-state index is 13.9. The molecular formula is C31H36FN5O7. The van der Waals surface area contributed by atoms with Crippen LogP contribution in [0.3, 0.4) is 0 Å². The van der Waals surface area contributed by atoms with Crippen LogP contribution in [0.5, 0.6) is 0 Å². The van der Waals surface area contributed by atoms with Gasteiger partial charge in [-0.3, -0.25) is 9.59 Å². The fraction of sp³-hybridized carbons (Fsp3) is 0.452. The summed E-state index contributed by atoms with van der Waals surface area (Å²) in [5.41, 5.74) is -0.690. The van der Waals surface area contributed by atoms with Crippen molar-refractivity contribution in [2.75, 3.05) is 32.0 Å². The highest BCUT2D eigenvalue weighted by Gasteiger charge is 2.59. The molecule has 1 atom stereocenters. The van der Waals surface area contributed by atoms with Crippen LogP contribution in [-0.2, 0) is 37.6 Å². The Kier molecular flexibility index (Phi) is 7.77. The third-order valence-corrected chi connectivity index (χ3v) is 8.06. The molecule has 2 heterocycles. The van der Waals surface area contributed by atoms with Crippen LogP contribution in [0.4, 0.5) is 24.5 Å². The summed E-state index contributed by atoms with van der Waals surface area (Å²) in [7, 11) is 1.49. The molecule has 2 saturated heterocycles. The van der Waals surface area contributed by atoms with Crippen LogP contribution >= 0.6 is 0 Å². The second-order valence-electron chi connectivity index (χ2n) is 12.6. The Morgan fingerprint density at radius 3 is 2.41 bits per heavy atom. The van der Waals surface area contributed by atoms with Gasteiger partial charge >= 0.3 is 18.2 Å². The van der Waals surface area contributed by atoms with Crippen LogP contribution in [0.15, 0.2) is 42.5 Å². The number of carbonyl (C=O) groups excluding carboxylic acids is 5. The number of carbonyl (C=O) groups is 5. The predicted octanol–water partition coefficient (Wildman–Crippen LogP) is 3.74. The molecule has 2 aromatic carbocycles. The number of anilines is 1. The monoisotopic (exact) mass is 609 g/mol. The summed E-state index contributed by atoms with van der Waals surface area (Å²) in [6.07, 6.45) is -0.824. The number of hydrogen-bond donors (Lipinski definition) is 2. The Morgan fingerprint density at radius 1 is 1.09 bits per heavy atom. The Balaban J connectivity index is 1.35. The third-order valence-electron chi connectivity index (χ3n) is 8.06. The maximum atomic E-state index is 13.9. The molecule has 2 N–H and O–H groups in total. The standard InChI is InChI=1S/C31H36FN5O7/c1-29(2,3)43-27(41)35-17-30(4,18-35)37(15-19-6-8-21(32)9-7-19)24(38)16-36-25(39)31(44-28(36)42)13-12-20-14-22(10-11-23(20)31)34-26(40)33-5/h6-11,14H,12-13,15-18H2,1-5H3,(H2,33,34,40)/t31-/m1/s1. The van der Waals surface area contributed by atoms with Crippen molar-refractivity contribution in [1.29, 1.82) is 0 Å². The largest absolute Gasteiger partial charge is 0.444 e. The van der Waals surface area contributed by atoms with Gasteiger partial charge in [0.2, 0.25) is 11.5 Å². The zero-order chi connectivity index (χ0) is 32.0. The number of fused-ring (bicyclic) bond motifs is 2.